The van der Waals surface area contributed by atoms with Gasteiger partial charge in [0.05, 0.1) is 17.1 Å². The molecule has 2 aliphatic rings. The first-order valence-corrected chi connectivity index (χ1v) is 14.1. The first-order valence-electron chi connectivity index (χ1n) is 12.7. The van der Waals surface area contributed by atoms with Crippen molar-refractivity contribution in [3.63, 3.8) is 0 Å². The minimum absolute atomic E-state index is 0.129. The summed E-state index contributed by atoms with van der Waals surface area (Å²) in [6.07, 6.45) is 1.38. The Morgan fingerprint density at radius 2 is 1.62 bits per heavy atom. The summed E-state index contributed by atoms with van der Waals surface area (Å²) in [5.41, 5.74) is 3.00. The molecule has 194 valence electrons. The van der Waals surface area contributed by atoms with E-state index in [1.165, 1.54) is 17.1 Å². The van der Waals surface area contributed by atoms with Gasteiger partial charge in [-0.05, 0) is 72.4 Å². The summed E-state index contributed by atoms with van der Waals surface area (Å²) >= 11 is 0. The zero-order chi connectivity index (χ0) is 26.2. The number of carbonyl (C=O) groups excluding carboxylic acids is 1. The van der Waals surface area contributed by atoms with Gasteiger partial charge < -0.3 is 15.0 Å². The molecule has 0 bridgehead atoms. The predicted molar refractivity (Wildman–Crippen MR) is 147 cm³/mol. The lowest BCUT2D eigenvalue weighted by molar-refractivity contribution is -0.122. The van der Waals surface area contributed by atoms with Gasteiger partial charge in [-0.15, -0.1) is 0 Å². The second kappa shape index (κ2) is 9.74. The van der Waals surface area contributed by atoms with Gasteiger partial charge in [0.2, 0.25) is 0 Å². The second-order valence-electron chi connectivity index (χ2n) is 10.6. The highest BCUT2D eigenvalue weighted by atomic mass is 32.2. The van der Waals surface area contributed by atoms with Gasteiger partial charge in [-0.25, -0.2) is 8.42 Å². The van der Waals surface area contributed by atoms with Crippen molar-refractivity contribution >= 4 is 33.0 Å². The van der Waals surface area contributed by atoms with Crippen LogP contribution in [0.5, 0.6) is 5.75 Å². The molecule has 3 aromatic rings. The Kier molecular flexibility index (Phi) is 6.62. The van der Waals surface area contributed by atoms with Crippen molar-refractivity contribution < 1.29 is 17.9 Å². The second-order valence-corrected chi connectivity index (χ2v) is 12.5. The van der Waals surface area contributed by atoms with Gasteiger partial charge >= 0.3 is 0 Å². The Bertz CT molecular complexity index is 1380. The minimum atomic E-state index is -3.92. The van der Waals surface area contributed by atoms with Gasteiger partial charge in [0.15, 0.2) is 6.10 Å². The molecule has 0 aromatic heterocycles. The van der Waals surface area contributed by atoms with E-state index in [1.807, 2.05) is 36.4 Å². The monoisotopic (exact) mass is 519 g/mol. The molecule has 1 amide bonds. The summed E-state index contributed by atoms with van der Waals surface area (Å²) in [7, 11) is -3.92. The molecule has 0 saturated carbocycles. The largest absolute Gasteiger partial charge is 0.476 e. The number of nitrogens with one attached hydrogen (secondary N) is 1. The molecule has 8 heteroatoms. The fourth-order valence-corrected chi connectivity index (χ4v) is 6.24. The maximum atomic E-state index is 13.7. The number of anilines is 3. The van der Waals surface area contributed by atoms with E-state index in [2.05, 4.69) is 31.0 Å². The van der Waals surface area contributed by atoms with E-state index in [1.54, 1.807) is 36.4 Å². The highest BCUT2D eigenvalue weighted by molar-refractivity contribution is 7.92. The zero-order valence-corrected chi connectivity index (χ0v) is 22.3. The van der Waals surface area contributed by atoms with Crippen LogP contribution in [0.15, 0.2) is 77.7 Å². The molecule has 0 aliphatic carbocycles. The molecular weight excluding hydrogens is 486 g/mol. The summed E-state index contributed by atoms with van der Waals surface area (Å²) < 4.78 is 34.8. The minimum Gasteiger partial charge on any atom is -0.476 e. The third kappa shape index (κ3) is 5.16. The van der Waals surface area contributed by atoms with Crippen LogP contribution in [0.3, 0.4) is 0 Å². The molecule has 5 rings (SSSR count). The fraction of sp³-hybridized carbons (Fsp3) is 0.345. The Labute approximate surface area is 219 Å². The number of carbonyl (C=O) groups is 1. The van der Waals surface area contributed by atoms with Gasteiger partial charge in [-0.2, -0.15) is 0 Å². The lowest BCUT2D eigenvalue weighted by atomic mass is 9.86. The summed E-state index contributed by atoms with van der Waals surface area (Å²) in [5.74, 6) is -0.0315. The molecule has 0 radical (unpaired) electrons. The quantitative estimate of drug-likeness (QED) is 0.503. The summed E-state index contributed by atoms with van der Waals surface area (Å²) in [4.78, 5) is 15.8. The lowest BCUT2D eigenvalue weighted by Crippen LogP contribution is -2.49. The van der Waals surface area contributed by atoms with Crippen molar-refractivity contribution in [2.75, 3.05) is 34.2 Å². The number of hydrogen-bond acceptors (Lipinski definition) is 5. The van der Waals surface area contributed by atoms with Crippen LogP contribution in [0, 0.1) is 0 Å². The normalized spacial score (nSPS) is 17.8. The van der Waals surface area contributed by atoms with Gasteiger partial charge in [-0.1, -0.05) is 45.0 Å². The van der Waals surface area contributed by atoms with E-state index in [9.17, 15) is 13.2 Å². The first-order chi connectivity index (χ1) is 17.6. The summed E-state index contributed by atoms with van der Waals surface area (Å²) in [5, 5.41) is 2.90. The van der Waals surface area contributed by atoms with Gasteiger partial charge in [0.1, 0.15) is 5.75 Å². The van der Waals surface area contributed by atoms with Crippen LogP contribution in [0.1, 0.15) is 39.2 Å². The molecule has 3 aromatic carbocycles. The van der Waals surface area contributed by atoms with E-state index in [4.69, 9.17) is 4.74 Å². The van der Waals surface area contributed by atoms with Crippen molar-refractivity contribution in [2.24, 2.45) is 0 Å². The lowest BCUT2D eigenvalue weighted by Gasteiger charge is -2.36. The molecule has 2 aliphatic heterocycles. The molecule has 37 heavy (non-hydrogen) atoms. The average Bonchev–Trinajstić information content (AvgIpc) is 3.43. The number of nitrogens with zero attached hydrogens (tertiary/aromatic N) is 2. The van der Waals surface area contributed by atoms with Crippen LogP contribution in [0.2, 0.25) is 0 Å². The molecule has 0 spiro atoms. The number of amides is 1. The highest BCUT2D eigenvalue weighted by Gasteiger charge is 2.38. The van der Waals surface area contributed by atoms with Crippen LogP contribution in [-0.4, -0.2) is 40.1 Å². The average molecular weight is 520 g/mol. The first kappa shape index (κ1) is 25.1. The van der Waals surface area contributed by atoms with Crippen molar-refractivity contribution in [1.82, 2.24) is 0 Å². The third-order valence-electron chi connectivity index (χ3n) is 6.92. The van der Waals surface area contributed by atoms with E-state index in [-0.39, 0.29) is 16.9 Å². The van der Waals surface area contributed by atoms with E-state index in [0.717, 1.165) is 24.3 Å². The van der Waals surface area contributed by atoms with Gasteiger partial charge in [0, 0.05) is 24.5 Å². The number of rotatable bonds is 5. The third-order valence-corrected chi connectivity index (χ3v) is 8.72. The predicted octanol–water partition coefficient (Wildman–Crippen LogP) is 5.18. The molecule has 7 nitrogen and oxygen atoms in total. The number of sulfonamides is 1. The van der Waals surface area contributed by atoms with Gasteiger partial charge in [-0.3, -0.25) is 9.10 Å². The molecule has 1 unspecified atom stereocenters. The van der Waals surface area contributed by atoms with Crippen LogP contribution in [0.25, 0.3) is 0 Å². The number of ether oxygens (including phenoxy) is 1. The van der Waals surface area contributed by atoms with Crippen molar-refractivity contribution in [2.45, 2.75) is 50.0 Å². The zero-order valence-electron chi connectivity index (χ0n) is 21.5. The van der Waals surface area contributed by atoms with Gasteiger partial charge in [0.25, 0.3) is 15.9 Å². The maximum absolute atomic E-state index is 13.7. The Morgan fingerprint density at radius 3 is 2.27 bits per heavy atom. The topological polar surface area (TPSA) is 79.0 Å². The van der Waals surface area contributed by atoms with E-state index < -0.39 is 22.0 Å². The molecule has 1 N–H and O–H groups in total. The Hall–Kier alpha value is -3.52. The van der Waals surface area contributed by atoms with Crippen LogP contribution in [-0.2, 0) is 20.2 Å². The summed E-state index contributed by atoms with van der Waals surface area (Å²) in [6, 6.07) is 21.5. The van der Waals surface area contributed by atoms with Crippen LogP contribution in [0.4, 0.5) is 17.1 Å². The van der Waals surface area contributed by atoms with Crippen LogP contribution < -0.4 is 19.3 Å². The number of hydrogen-bond donors (Lipinski definition) is 1. The molecular formula is C29H33N3O4S. The smallest absolute Gasteiger partial charge is 0.267 e. The molecule has 2 heterocycles. The van der Waals surface area contributed by atoms with Crippen molar-refractivity contribution in [1.29, 1.82) is 0 Å². The fourth-order valence-electron chi connectivity index (χ4n) is 4.76. The molecule has 1 fully saturated rings. The Morgan fingerprint density at radius 1 is 0.946 bits per heavy atom. The molecule has 1 saturated heterocycles. The molecule has 1 atom stereocenters. The maximum Gasteiger partial charge on any atom is 0.267 e. The van der Waals surface area contributed by atoms with Crippen molar-refractivity contribution in [3.05, 3.63) is 78.4 Å². The Balaban J connectivity index is 1.43. The number of fused-ring (bicyclic) bond motifs is 1. The SMILES string of the molecule is CC(C)(C)c1ccc2c(c1)N(S(=O)(=O)c1ccccc1)CC(C(=O)Nc1ccc(N3CCCC3)cc1)O2. The van der Waals surface area contributed by atoms with E-state index >= 15 is 0 Å². The van der Waals surface area contributed by atoms with Crippen molar-refractivity contribution in [3.8, 4) is 5.75 Å². The standard InChI is InChI=1S/C29H33N3O4S/c1-29(2,3)21-11-16-26-25(19-21)32(37(34,35)24-9-5-4-6-10-24)20-27(36-26)28(33)30-22-12-14-23(15-13-22)31-17-7-8-18-31/h4-6,9-16,19,27H,7-8,17-18,20H2,1-3H3,(H,30,33). The van der Waals surface area contributed by atoms with Crippen LogP contribution >= 0.6 is 0 Å². The number of benzene rings is 3. The summed E-state index contributed by atoms with van der Waals surface area (Å²) in [6.45, 7) is 8.17. The van der Waals surface area contributed by atoms with E-state index in [0.29, 0.717) is 17.1 Å². The highest BCUT2D eigenvalue weighted by Crippen LogP contribution is 2.40.